The predicted octanol–water partition coefficient (Wildman–Crippen LogP) is 2.00. The zero-order valence-electron chi connectivity index (χ0n) is 11.6. The van der Waals surface area contributed by atoms with E-state index < -0.39 is 15.6 Å². The van der Waals surface area contributed by atoms with Gasteiger partial charge in [-0.05, 0) is 37.8 Å². The van der Waals surface area contributed by atoms with Crippen LogP contribution in [0.25, 0.3) is 11.0 Å². The van der Waals surface area contributed by atoms with Gasteiger partial charge in [0, 0.05) is 7.05 Å². The third kappa shape index (κ3) is 2.12. The largest absolute Gasteiger partial charge is 0.246 e. The van der Waals surface area contributed by atoms with Crippen LogP contribution in [0, 0.1) is 17.2 Å². The molecule has 1 aliphatic carbocycles. The maximum absolute atomic E-state index is 12.9. The average molecular weight is 322 g/mol. The topological polar surface area (TPSA) is 87.0 Å². The van der Waals surface area contributed by atoms with Crippen LogP contribution in [0.3, 0.4) is 0 Å². The molecule has 3 rings (SSSR count). The summed E-state index contributed by atoms with van der Waals surface area (Å²) in [5.74, 6) is 0.0926. The van der Waals surface area contributed by atoms with E-state index in [-0.39, 0.29) is 10.8 Å². The summed E-state index contributed by atoms with van der Waals surface area (Å²) in [7, 11) is -2.33. The Morgan fingerprint density at radius 1 is 1.43 bits per heavy atom. The van der Waals surface area contributed by atoms with Crippen LogP contribution >= 0.6 is 11.7 Å². The number of nitriles is 1. The Kier molecular flexibility index (Phi) is 3.24. The van der Waals surface area contributed by atoms with E-state index in [0.717, 1.165) is 24.6 Å². The SMILES string of the molecule is CN([C@@](C)(C#N)C1CC1)S(=O)(=O)c1cccc2nsnc12. The summed E-state index contributed by atoms with van der Waals surface area (Å²) >= 11 is 0.979. The highest BCUT2D eigenvalue weighted by Crippen LogP contribution is 2.44. The van der Waals surface area contributed by atoms with Crippen LogP contribution in [0.1, 0.15) is 19.8 Å². The van der Waals surface area contributed by atoms with Crippen LogP contribution < -0.4 is 0 Å². The van der Waals surface area contributed by atoms with Crippen molar-refractivity contribution in [2.45, 2.75) is 30.2 Å². The number of sulfonamides is 1. The highest BCUT2D eigenvalue weighted by atomic mass is 32.2. The van der Waals surface area contributed by atoms with Gasteiger partial charge < -0.3 is 0 Å². The van der Waals surface area contributed by atoms with Gasteiger partial charge in [0.1, 0.15) is 21.5 Å². The standard InChI is InChI=1S/C13H14N4O2S2/c1-13(8-14,9-6-7-9)17(2)21(18,19)11-5-3-4-10-12(11)16-20-15-10/h3-5,9H,6-7H2,1-2H3/t13-/m0/s1. The normalized spacial score (nSPS) is 18.6. The molecular formula is C13H14N4O2S2. The average Bonchev–Trinajstić information content (AvgIpc) is 3.23. The second-order valence-corrected chi connectivity index (χ2v) is 7.86. The lowest BCUT2D eigenvalue weighted by Gasteiger charge is -2.32. The molecule has 0 amide bonds. The number of rotatable bonds is 4. The Morgan fingerprint density at radius 3 is 2.76 bits per heavy atom. The maximum atomic E-state index is 12.9. The number of nitrogens with zero attached hydrogens (tertiary/aromatic N) is 4. The Hall–Kier alpha value is -1.56. The molecule has 1 aromatic heterocycles. The van der Waals surface area contributed by atoms with Crippen molar-refractivity contribution in [3.63, 3.8) is 0 Å². The Labute approximate surface area is 127 Å². The zero-order chi connectivity index (χ0) is 15.3. The summed E-state index contributed by atoms with van der Waals surface area (Å²) in [5, 5.41) is 9.47. The number of aromatic nitrogens is 2. The summed E-state index contributed by atoms with van der Waals surface area (Å²) in [5.41, 5.74) is -0.102. The number of hydrogen-bond acceptors (Lipinski definition) is 6. The third-order valence-corrected chi connectivity index (χ3v) is 6.67. The predicted molar refractivity (Wildman–Crippen MR) is 79.1 cm³/mol. The number of hydrogen-bond donors (Lipinski definition) is 0. The molecule has 1 aliphatic rings. The lowest BCUT2D eigenvalue weighted by atomic mass is 9.99. The first kappa shape index (κ1) is 14.4. The molecule has 0 bridgehead atoms. The van der Waals surface area contributed by atoms with Gasteiger partial charge in [0.15, 0.2) is 0 Å². The van der Waals surface area contributed by atoms with Gasteiger partial charge in [0.05, 0.1) is 17.8 Å². The molecule has 110 valence electrons. The fourth-order valence-electron chi connectivity index (χ4n) is 2.45. The molecule has 0 spiro atoms. The van der Waals surface area contributed by atoms with E-state index in [1.807, 2.05) is 0 Å². The van der Waals surface area contributed by atoms with Gasteiger partial charge in [0.25, 0.3) is 0 Å². The van der Waals surface area contributed by atoms with Crippen molar-refractivity contribution in [2.75, 3.05) is 7.05 Å². The van der Waals surface area contributed by atoms with Crippen molar-refractivity contribution in [3.05, 3.63) is 18.2 Å². The summed E-state index contributed by atoms with van der Waals surface area (Å²) in [4.78, 5) is 0.110. The van der Waals surface area contributed by atoms with Crippen LogP contribution in [0.4, 0.5) is 0 Å². The second-order valence-electron chi connectivity index (χ2n) is 5.39. The lowest BCUT2D eigenvalue weighted by Crippen LogP contribution is -2.47. The van der Waals surface area contributed by atoms with E-state index >= 15 is 0 Å². The molecule has 8 heteroatoms. The molecule has 1 fully saturated rings. The third-order valence-electron chi connectivity index (χ3n) is 4.14. The Balaban J connectivity index is 2.12. The van der Waals surface area contributed by atoms with E-state index in [9.17, 15) is 13.7 Å². The first-order valence-corrected chi connectivity index (χ1v) is 8.70. The number of benzene rings is 1. The molecule has 0 unspecified atom stereocenters. The molecule has 1 atom stereocenters. The summed E-state index contributed by atoms with van der Waals surface area (Å²) in [6.07, 6.45) is 1.76. The number of fused-ring (bicyclic) bond motifs is 1. The monoisotopic (exact) mass is 322 g/mol. The smallest absolute Gasteiger partial charge is 0.207 e. The van der Waals surface area contributed by atoms with Gasteiger partial charge in [-0.2, -0.15) is 18.3 Å². The van der Waals surface area contributed by atoms with Crippen molar-refractivity contribution in [1.82, 2.24) is 13.1 Å². The zero-order valence-corrected chi connectivity index (χ0v) is 13.3. The van der Waals surface area contributed by atoms with Crippen molar-refractivity contribution in [3.8, 4) is 6.07 Å². The highest BCUT2D eigenvalue weighted by molar-refractivity contribution is 7.89. The first-order chi connectivity index (χ1) is 9.91. The van der Waals surface area contributed by atoms with Crippen LogP contribution in [0.2, 0.25) is 0 Å². The van der Waals surface area contributed by atoms with Crippen molar-refractivity contribution < 1.29 is 8.42 Å². The van der Waals surface area contributed by atoms with Crippen LogP contribution in [0.15, 0.2) is 23.1 Å². The van der Waals surface area contributed by atoms with Gasteiger partial charge in [-0.25, -0.2) is 8.42 Å². The van der Waals surface area contributed by atoms with Gasteiger partial charge >= 0.3 is 0 Å². The fraction of sp³-hybridized carbons (Fsp3) is 0.462. The molecule has 6 nitrogen and oxygen atoms in total. The molecule has 1 aromatic carbocycles. The second kappa shape index (κ2) is 4.73. The molecule has 2 aromatic rings. The highest BCUT2D eigenvalue weighted by Gasteiger charge is 2.49. The van der Waals surface area contributed by atoms with Crippen molar-refractivity contribution in [2.24, 2.45) is 5.92 Å². The van der Waals surface area contributed by atoms with E-state index in [0.29, 0.717) is 11.0 Å². The Bertz CT molecular complexity index is 835. The van der Waals surface area contributed by atoms with Crippen LogP contribution in [-0.4, -0.2) is 34.1 Å². The molecule has 0 radical (unpaired) electrons. The van der Waals surface area contributed by atoms with Crippen LogP contribution in [0.5, 0.6) is 0 Å². The van der Waals surface area contributed by atoms with Gasteiger partial charge in [-0.1, -0.05) is 6.07 Å². The minimum Gasteiger partial charge on any atom is -0.207 e. The van der Waals surface area contributed by atoms with E-state index in [1.54, 1.807) is 19.1 Å². The minimum absolute atomic E-state index is 0.0926. The quantitative estimate of drug-likeness (QED) is 0.859. The maximum Gasteiger partial charge on any atom is 0.246 e. The molecule has 0 aliphatic heterocycles. The van der Waals surface area contributed by atoms with Gasteiger partial charge in [0.2, 0.25) is 10.0 Å². The van der Waals surface area contributed by atoms with Crippen LogP contribution in [-0.2, 0) is 10.0 Å². The lowest BCUT2D eigenvalue weighted by molar-refractivity contribution is 0.277. The van der Waals surface area contributed by atoms with Crippen molar-refractivity contribution in [1.29, 1.82) is 5.26 Å². The van der Waals surface area contributed by atoms with Crippen molar-refractivity contribution >= 4 is 32.8 Å². The molecule has 0 saturated heterocycles. The van der Waals surface area contributed by atoms with E-state index in [1.165, 1.54) is 17.4 Å². The van der Waals surface area contributed by atoms with E-state index in [2.05, 4.69) is 14.8 Å². The molecule has 21 heavy (non-hydrogen) atoms. The summed E-state index contributed by atoms with van der Waals surface area (Å²) in [6, 6.07) is 7.05. The minimum atomic E-state index is -3.80. The molecule has 1 heterocycles. The molecule has 1 saturated carbocycles. The van der Waals surface area contributed by atoms with E-state index in [4.69, 9.17) is 0 Å². The first-order valence-electron chi connectivity index (χ1n) is 6.53. The summed E-state index contributed by atoms with van der Waals surface area (Å²) in [6.45, 7) is 1.68. The van der Waals surface area contributed by atoms with Gasteiger partial charge in [-0.15, -0.1) is 0 Å². The molecule has 0 N–H and O–H groups in total. The Morgan fingerprint density at radius 2 is 2.14 bits per heavy atom. The fourth-order valence-corrected chi connectivity index (χ4v) is 4.69. The molecular weight excluding hydrogens is 308 g/mol. The van der Waals surface area contributed by atoms with Gasteiger partial charge in [-0.3, -0.25) is 0 Å². The summed E-state index contributed by atoms with van der Waals surface area (Å²) < 4.78 is 35.1.